The van der Waals surface area contributed by atoms with Gasteiger partial charge in [-0.1, -0.05) is 56.9 Å². The second kappa shape index (κ2) is 7.42. The van der Waals surface area contributed by atoms with Gasteiger partial charge in [0.05, 0.1) is 13.2 Å². The van der Waals surface area contributed by atoms with E-state index in [-0.39, 0.29) is 6.29 Å². The maximum Gasteiger partial charge on any atom is 0.184 e. The molecule has 0 radical (unpaired) electrons. The summed E-state index contributed by atoms with van der Waals surface area (Å²) in [5.74, 6) is 1.94. The molecular weight excluding hydrogens is 260 g/mol. The Labute approximate surface area is 128 Å². The van der Waals surface area contributed by atoms with Gasteiger partial charge in [0.2, 0.25) is 0 Å². The van der Waals surface area contributed by atoms with Crippen molar-refractivity contribution in [2.24, 2.45) is 11.8 Å². The minimum atomic E-state index is -0.136. The number of aryl methyl sites for hydroxylation is 1. The Kier molecular flexibility index (Phi) is 5.32. The lowest BCUT2D eigenvalue weighted by atomic mass is 9.78. The van der Waals surface area contributed by atoms with Crippen molar-refractivity contribution in [3.8, 4) is 0 Å². The molecule has 1 aromatic rings. The lowest BCUT2D eigenvalue weighted by Gasteiger charge is -2.28. The molecule has 3 rings (SSSR count). The van der Waals surface area contributed by atoms with Crippen LogP contribution in [0.5, 0.6) is 0 Å². The standard InChI is InChI=1S/C19H28O2/c1-2-15-4-3-5-17(14-15)7-6-16-8-10-18(11-9-16)19-20-12-13-21-19/h8-11,15,17,19H,2-7,12-14H2,1H3. The molecule has 2 aliphatic rings. The summed E-state index contributed by atoms with van der Waals surface area (Å²) in [5.41, 5.74) is 2.61. The number of ether oxygens (including phenoxy) is 2. The van der Waals surface area contributed by atoms with Gasteiger partial charge in [0.25, 0.3) is 0 Å². The predicted molar refractivity (Wildman–Crippen MR) is 85.1 cm³/mol. The zero-order chi connectivity index (χ0) is 14.5. The van der Waals surface area contributed by atoms with Crippen LogP contribution in [0.1, 0.15) is 62.9 Å². The van der Waals surface area contributed by atoms with Gasteiger partial charge in [-0.25, -0.2) is 0 Å². The van der Waals surface area contributed by atoms with Crippen LogP contribution >= 0.6 is 0 Å². The molecule has 0 amide bonds. The average Bonchev–Trinajstić information content (AvgIpc) is 3.08. The van der Waals surface area contributed by atoms with Crippen molar-refractivity contribution in [3.63, 3.8) is 0 Å². The Bertz CT molecular complexity index is 420. The summed E-state index contributed by atoms with van der Waals surface area (Å²) >= 11 is 0. The third-order valence-electron chi connectivity index (χ3n) is 5.18. The van der Waals surface area contributed by atoms with Gasteiger partial charge in [0, 0.05) is 5.56 Å². The van der Waals surface area contributed by atoms with Crippen LogP contribution in [-0.4, -0.2) is 13.2 Å². The number of hydrogen-bond acceptors (Lipinski definition) is 2. The normalized spacial score (nSPS) is 27.1. The molecule has 116 valence electrons. The zero-order valence-electron chi connectivity index (χ0n) is 13.2. The van der Waals surface area contributed by atoms with E-state index in [4.69, 9.17) is 9.47 Å². The third kappa shape index (κ3) is 4.08. The second-order valence-corrected chi connectivity index (χ2v) is 6.66. The molecule has 2 fully saturated rings. The zero-order valence-corrected chi connectivity index (χ0v) is 13.2. The van der Waals surface area contributed by atoms with E-state index in [1.165, 1.54) is 50.5 Å². The summed E-state index contributed by atoms with van der Waals surface area (Å²) in [6, 6.07) is 8.84. The molecule has 0 N–H and O–H groups in total. The molecule has 1 saturated heterocycles. The van der Waals surface area contributed by atoms with E-state index in [0.29, 0.717) is 13.2 Å². The van der Waals surface area contributed by atoms with Crippen LogP contribution in [0.2, 0.25) is 0 Å². The molecule has 1 aliphatic carbocycles. The predicted octanol–water partition coefficient (Wildman–Crippen LogP) is 4.88. The third-order valence-corrected chi connectivity index (χ3v) is 5.18. The van der Waals surface area contributed by atoms with Crippen LogP contribution < -0.4 is 0 Å². The summed E-state index contributed by atoms with van der Waals surface area (Å²) in [5, 5.41) is 0. The van der Waals surface area contributed by atoms with Crippen molar-refractivity contribution in [1.29, 1.82) is 0 Å². The van der Waals surface area contributed by atoms with Gasteiger partial charge in [-0.05, 0) is 36.7 Å². The highest BCUT2D eigenvalue weighted by Gasteiger charge is 2.21. The first-order chi connectivity index (χ1) is 10.3. The first-order valence-corrected chi connectivity index (χ1v) is 8.67. The quantitative estimate of drug-likeness (QED) is 0.768. The topological polar surface area (TPSA) is 18.5 Å². The van der Waals surface area contributed by atoms with Crippen molar-refractivity contribution >= 4 is 0 Å². The molecule has 1 aliphatic heterocycles. The SMILES string of the molecule is CCC1CCCC(CCc2ccc(C3OCCO3)cc2)C1. The van der Waals surface area contributed by atoms with E-state index in [0.717, 1.165) is 17.4 Å². The summed E-state index contributed by atoms with van der Waals surface area (Å²) in [6.45, 7) is 3.78. The van der Waals surface area contributed by atoms with Crippen molar-refractivity contribution in [2.75, 3.05) is 13.2 Å². The van der Waals surface area contributed by atoms with Gasteiger partial charge in [0.1, 0.15) is 0 Å². The van der Waals surface area contributed by atoms with E-state index < -0.39 is 0 Å². The first kappa shape index (κ1) is 15.1. The molecule has 1 heterocycles. The minimum Gasteiger partial charge on any atom is -0.346 e. The molecule has 2 unspecified atom stereocenters. The van der Waals surface area contributed by atoms with Gasteiger partial charge in [-0.3, -0.25) is 0 Å². The van der Waals surface area contributed by atoms with Gasteiger partial charge >= 0.3 is 0 Å². The molecule has 2 nitrogen and oxygen atoms in total. The van der Waals surface area contributed by atoms with Crippen molar-refractivity contribution in [3.05, 3.63) is 35.4 Å². The van der Waals surface area contributed by atoms with Gasteiger partial charge < -0.3 is 9.47 Å². The van der Waals surface area contributed by atoms with Crippen LogP contribution in [-0.2, 0) is 15.9 Å². The second-order valence-electron chi connectivity index (χ2n) is 6.66. The molecule has 2 atom stereocenters. The Balaban J connectivity index is 1.48. The fourth-order valence-electron chi connectivity index (χ4n) is 3.80. The van der Waals surface area contributed by atoms with E-state index in [1.54, 1.807) is 0 Å². The fourth-order valence-corrected chi connectivity index (χ4v) is 3.80. The van der Waals surface area contributed by atoms with Crippen molar-refractivity contribution < 1.29 is 9.47 Å². The molecule has 1 aromatic carbocycles. The first-order valence-electron chi connectivity index (χ1n) is 8.67. The van der Waals surface area contributed by atoms with Crippen LogP contribution in [0.4, 0.5) is 0 Å². The van der Waals surface area contributed by atoms with Crippen molar-refractivity contribution in [1.82, 2.24) is 0 Å². The summed E-state index contributed by atoms with van der Waals surface area (Å²) in [7, 11) is 0. The smallest absolute Gasteiger partial charge is 0.184 e. The molecule has 0 bridgehead atoms. The Hall–Kier alpha value is -0.860. The lowest BCUT2D eigenvalue weighted by molar-refractivity contribution is -0.0441. The van der Waals surface area contributed by atoms with Crippen LogP contribution in [0, 0.1) is 11.8 Å². The maximum atomic E-state index is 5.54. The van der Waals surface area contributed by atoms with E-state index in [1.807, 2.05) is 0 Å². The largest absolute Gasteiger partial charge is 0.346 e. The maximum absolute atomic E-state index is 5.54. The molecule has 0 aromatic heterocycles. The van der Waals surface area contributed by atoms with E-state index in [2.05, 4.69) is 31.2 Å². The van der Waals surface area contributed by atoms with Crippen molar-refractivity contribution in [2.45, 2.75) is 58.2 Å². The van der Waals surface area contributed by atoms with Crippen LogP contribution in [0.15, 0.2) is 24.3 Å². The number of hydrogen-bond donors (Lipinski definition) is 0. The minimum absolute atomic E-state index is 0.136. The molecular formula is C19H28O2. The molecule has 2 heteroatoms. The summed E-state index contributed by atoms with van der Waals surface area (Å²) < 4.78 is 11.1. The Morgan fingerprint density at radius 1 is 1.00 bits per heavy atom. The molecule has 0 spiro atoms. The lowest BCUT2D eigenvalue weighted by Crippen LogP contribution is -2.15. The Morgan fingerprint density at radius 3 is 2.43 bits per heavy atom. The van der Waals surface area contributed by atoms with E-state index >= 15 is 0 Å². The van der Waals surface area contributed by atoms with Crippen LogP contribution in [0.25, 0.3) is 0 Å². The summed E-state index contributed by atoms with van der Waals surface area (Å²) in [6.07, 6.45) is 9.60. The van der Waals surface area contributed by atoms with Crippen LogP contribution in [0.3, 0.4) is 0 Å². The summed E-state index contributed by atoms with van der Waals surface area (Å²) in [4.78, 5) is 0. The highest BCUT2D eigenvalue weighted by atomic mass is 16.7. The monoisotopic (exact) mass is 288 g/mol. The Morgan fingerprint density at radius 2 is 1.71 bits per heavy atom. The van der Waals surface area contributed by atoms with Gasteiger partial charge in [-0.15, -0.1) is 0 Å². The highest BCUT2D eigenvalue weighted by Crippen LogP contribution is 2.33. The fraction of sp³-hybridized carbons (Fsp3) is 0.684. The molecule has 1 saturated carbocycles. The van der Waals surface area contributed by atoms with Gasteiger partial charge in [0.15, 0.2) is 6.29 Å². The molecule has 21 heavy (non-hydrogen) atoms. The number of rotatable bonds is 5. The average molecular weight is 288 g/mol. The number of benzene rings is 1. The highest BCUT2D eigenvalue weighted by molar-refractivity contribution is 5.23. The van der Waals surface area contributed by atoms with E-state index in [9.17, 15) is 0 Å². The van der Waals surface area contributed by atoms with Gasteiger partial charge in [-0.2, -0.15) is 0 Å².